The monoisotopic (exact) mass is 265 g/mol. The van der Waals surface area contributed by atoms with Crippen LogP contribution in [0.2, 0.25) is 0 Å². The molecule has 0 saturated carbocycles. The number of nitrogens with one attached hydrogen (secondary N) is 1. The van der Waals surface area contributed by atoms with Gasteiger partial charge in [0.2, 0.25) is 0 Å². The maximum Gasteiger partial charge on any atom is 0.179 e. The van der Waals surface area contributed by atoms with Crippen molar-refractivity contribution < 1.29 is 9.47 Å². The Kier molecular flexibility index (Phi) is 5.39. The molecule has 1 N–H and O–H groups in total. The average Bonchev–Trinajstić information content (AvgIpc) is 2.91. The first-order valence-electron chi connectivity index (χ1n) is 7.07. The van der Waals surface area contributed by atoms with Crippen LogP contribution in [0, 0.1) is 12.8 Å². The largest absolute Gasteiger partial charge is 0.488 e. The third-order valence-corrected chi connectivity index (χ3v) is 3.20. The van der Waals surface area contributed by atoms with E-state index in [2.05, 4.69) is 22.2 Å². The van der Waals surface area contributed by atoms with E-state index < -0.39 is 0 Å². The fourth-order valence-electron chi connectivity index (χ4n) is 2.00. The van der Waals surface area contributed by atoms with Crippen LogP contribution in [-0.2, 0) is 4.74 Å². The summed E-state index contributed by atoms with van der Waals surface area (Å²) in [6.45, 7) is 7.29. The molecule has 1 aromatic rings. The Hall–Kier alpha value is -1.36. The first-order valence-corrected chi connectivity index (χ1v) is 7.07. The third kappa shape index (κ3) is 4.35. The summed E-state index contributed by atoms with van der Waals surface area (Å²) in [4.78, 5) is 8.62. The Bertz CT molecular complexity index is 392. The van der Waals surface area contributed by atoms with Gasteiger partial charge in [-0.2, -0.15) is 0 Å². The molecule has 19 heavy (non-hydrogen) atoms. The van der Waals surface area contributed by atoms with Crippen molar-refractivity contribution in [2.75, 3.05) is 31.7 Å². The van der Waals surface area contributed by atoms with Crippen molar-refractivity contribution in [3.63, 3.8) is 0 Å². The number of unbranched alkanes of at least 4 members (excludes halogenated alkanes) is 1. The third-order valence-electron chi connectivity index (χ3n) is 3.20. The van der Waals surface area contributed by atoms with E-state index in [0.717, 1.165) is 56.4 Å². The molecule has 0 aromatic carbocycles. The van der Waals surface area contributed by atoms with Crippen LogP contribution in [0.5, 0.6) is 5.75 Å². The van der Waals surface area contributed by atoms with Gasteiger partial charge in [0, 0.05) is 19.1 Å². The minimum Gasteiger partial charge on any atom is -0.488 e. The van der Waals surface area contributed by atoms with E-state index in [4.69, 9.17) is 9.47 Å². The van der Waals surface area contributed by atoms with Gasteiger partial charge in [0.05, 0.1) is 19.4 Å². The van der Waals surface area contributed by atoms with Gasteiger partial charge in [-0.15, -0.1) is 0 Å². The summed E-state index contributed by atoms with van der Waals surface area (Å²) in [5.74, 6) is 2.80. The van der Waals surface area contributed by atoms with Gasteiger partial charge < -0.3 is 14.8 Å². The average molecular weight is 265 g/mol. The highest BCUT2D eigenvalue weighted by Gasteiger charge is 2.17. The minimum atomic E-state index is 0.491. The van der Waals surface area contributed by atoms with Gasteiger partial charge in [0.15, 0.2) is 11.6 Å². The zero-order chi connectivity index (χ0) is 13.5. The molecule has 0 spiro atoms. The summed E-state index contributed by atoms with van der Waals surface area (Å²) in [6, 6.07) is 0. The minimum absolute atomic E-state index is 0.491. The molecule has 0 radical (unpaired) electrons. The van der Waals surface area contributed by atoms with Crippen LogP contribution in [0.25, 0.3) is 0 Å². The van der Waals surface area contributed by atoms with Crippen LogP contribution >= 0.6 is 0 Å². The van der Waals surface area contributed by atoms with Crippen molar-refractivity contribution in [2.24, 2.45) is 5.92 Å². The summed E-state index contributed by atoms with van der Waals surface area (Å²) >= 11 is 0. The van der Waals surface area contributed by atoms with Crippen molar-refractivity contribution in [1.82, 2.24) is 9.97 Å². The Morgan fingerprint density at radius 1 is 1.53 bits per heavy atom. The van der Waals surface area contributed by atoms with Crippen LogP contribution in [0.3, 0.4) is 0 Å². The highest BCUT2D eigenvalue weighted by Crippen LogP contribution is 2.23. The summed E-state index contributed by atoms with van der Waals surface area (Å²) in [5.41, 5.74) is 0. The first kappa shape index (κ1) is 14.1. The normalized spacial score (nSPS) is 18.5. The van der Waals surface area contributed by atoms with Gasteiger partial charge in [0.1, 0.15) is 5.82 Å². The second-order valence-electron chi connectivity index (χ2n) is 4.95. The topological polar surface area (TPSA) is 56.3 Å². The van der Waals surface area contributed by atoms with Gasteiger partial charge in [0.25, 0.3) is 0 Å². The molecule has 1 saturated heterocycles. The summed E-state index contributed by atoms with van der Waals surface area (Å²) in [6.07, 6.45) is 5.11. The fourth-order valence-corrected chi connectivity index (χ4v) is 2.00. The number of nitrogens with zero attached hydrogens (tertiary/aromatic N) is 2. The predicted molar refractivity (Wildman–Crippen MR) is 74.6 cm³/mol. The summed E-state index contributed by atoms with van der Waals surface area (Å²) in [7, 11) is 0. The van der Waals surface area contributed by atoms with Crippen molar-refractivity contribution in [2.45, 2.75) is 33.1 Å². The van der Waals surface area contributed by atoms with E-state index in [-0.39, 0.29) is 0 Å². The van der Waals surface area contributed by atoms with Gasteiger partial charge in [-0.25, -0.2) is 9.97 Å². The molecule has 1 fully saturated rings. The lowest BCUT2D eigenvalue weighted by molar-refractivity contribution is 0.167. The molecule has 0 bridgehead atoms. The van der Waals surface area contributed by atoms with Gasteiger partial charge in [-0.05, 0) is 19.8 Å². The van der Waals surface area contributed by atoms with Gasteiger partial charge in [-0.1, -0.05) is 13.3 Å². The molecule has 1 unspecified atom stereocenters. The van der Waals surface area contributed by atoms with E-state index in [1.54, 1.807) is 6.20 Å². The van der Waals surface area contributed by atoms with Gasteiger partial charge in [-0.3, -0.25) is 0 Å². The number of rotatable bonds is 7. The number of anilines is 1. The van der Waals surface area contributed by atoms with Crippen molar-refractivity contribution in [3.8, 4) is 5.75 Å². The second kappa shape index (κ2) is 7.28. The molecule has 2 heterocycles. The van der Waals surface area contributed by atoms with Crippen LogP contribution in [0.1, 0.15) is 32.0 Å². The smallest absolute Gasteiger partial charge is 0.179 e. The lowest BCUT2D eigenvalue weighted by Gasteiger charge is -2.14. The predicted octanol–water partition coefficient (Wildman–Crippen LogP) is 2.41. The molecule has 1 aliphatic rings. The maximum absolute atomic E-state index is 5.84. The molecule has 5 heteroatoms. The quantitative estimate of drug-likeness (QED) is 0.767. The lowest BCUT2D eigenvalue weighted by atomic mass is 10.1. The van der Waals surface area contributed by atoms with Crippen molar-refractivity contribution in [1.29, 1.82) is 0 Å². The molecule has 106 valence electrons. The molecule has 5 nitrogen and oxygen atoms in total. The van der Waals surface area contributed by atoms with E-state index in [9.17, 15) is 0 Å². The van der Waals surface area contributed by atoms with Crippen LogP contribution in [0.15, 0.2) is 6.20 Å². The molecular formula is C14H23N3O2. The van der Waals surface area contributed by atoms with E-state index in [1.165, 1.54) is 0 Å². The molecule has 0 amide bonds. The zero-order valence-electron chi connectivity index (χ0n) is 11.8. The van der Waals surface area contributed by atoms with Crippen LogP contribution in [0.4, 0.5) is 5.82 Å². The number of aryl methyl sites for hydroxylation is 1. The zero-order valence-corrected chi connectivity index (χ0v) is 11.8. The molecule has 0 aliphatic carbocycles. The van der Waals surface area contributed by atoms with Gasteiger partial charge >= 0.3 is 0 Å². The number of ether oxygens (including phenoxy) is 2. The van der Waals surface area contributed by atoms with Crippen LogP contribution < -0.4 is 10.1 Å². The van der Waals surface area contributed by atoms with Crippen LogP contribution in [-0.4, -0.2) is 36.3 Å². The van der Waals surface area contributed by atoms with E-state index in [0.29, 0.717) is 12.5 Å². The highest BCUT2D eigenvalue weighted by atomic mass is 16.5. The molecular weight excluding hydrogens is 242 g/mol. The molecule has 1 aliphatic heterocycles. The summed E-state index contributed by atoms with van der Waals surface area (Å²) in [5, 5.41) is 3.32. The molecule has 1 atom stereocenters. The fraction of sp³-hybridized carbons (Fsp3) is 0.714. The standard InChI is InChI=1S/C14H23N3O2/c1-3-4-6-15-14-13(8-16-11(2)17-14)19-10-12-5-7-18-9-12/h8,12H,3-7,9-10H2,1-2H3,(H,15,16,17). The van der Waals surface area contributed by atoms with Crippen molar-refractivity contribution in [3.05, 3.63) is 12.0 Å². The second-order valence-corrected chi connectivity index (χ2v) is 4.95. The van der Waals surface area contributed by atoms with E-state index in [1.807, 2.05) is 6.92 Å². The number of aromatic nitrogens is 2. The number of hydrogen-bond acceptors (Lipinski definition) is 5. The Balaban J connectivity index is 1.92. The molecule has 2 rings (SSSR count). The lowest BCUT2D eigenvalue weighted by Crippen LogP contribution is -2.14. The van der Waals surface area contributed by atoms with E-state index >= 15 is 0 Å². The first-order chi connectivity index (χ1) is 9.29. The Labute approximate surface area is 114 Å². The highest BCUT2D eigenvalue weighted by molar-refractivity contribution is 5.48. The maximum atomic E-state index is 5.84. The SMILES string of the molecule is CCCCNc1nc(C)ncc1OCC1CCOC1. The van der Waals surface area contributed by atoms with Crippen molar-refractivity contribution >= 4 is 5.82 Å². The Morgan fingerprint density at radius 3 is 3.16 bits per heavy atom. The summed E-state index contributed by atoms with van der Waals surface area (Å²) < 4.78 is 11.2. The molecule has 1 aromatic heterocycles. The number of hydrogen-bond donors (Lipinski definition) is 1. The Morgan fingerprint density at radius 2 is 2.42 bits per heavy atom.